The lowest BCUT2D eigenvalue weighted by Crippen LogP contribution is -2.45. The van der Waals surface area contributed by atoms with Crippen LogP contribution < -0.4 is 10.2 Å². The number of hydrogen-bond donors (Lipinski definition) is 1. The van der Waals surface area contributed by atoms with Crippen LogP contribution in [0.4, 0.5) is 11.4 Å². The van der Waals surface area contributed by atoms with Crippen LogP contribution in [0.5, 0.6) is 0 Å². The molecule has 0 atom stereocenters. The highest BCUT2D eigenvalue weighted by Gasteiger charge is 2.18. The molecule has 184 valence electrons. The Bertz CT molecular complexity index is 1420. The molecule has 1 amide bonds. The van der Waals surface area contributed by atoms with Crippen LogP contribution in [-0.2, 0) is 6.54 Å². The Morgan fingerprint density at radius 2 is 1.62 bits per heavy atom. The average Bonchev–Trinajstić information content (AvgIpc) is 2.94. The molecule has 4 aromatic carbocycles. The lowest BCUT2D eigenvalue weighted by Gasteiger charge is -2.36. The number of benzene rings is 4. The number of rotatable bonds is 6. The Balaban J connectivity index is 1.20. The van der Waals surface area contributed by atoms with Crippen molar-refractivity contribution in [3.8, 4) is 17.2 Å². The van der Waals surface area contributed by atoms with Gasteiger partial charge in [0.25, 0.3) is 5.91 Å². The maximum Gasteiger partial charge on any atom is 0.256 e. The summed E-state index contributed by atoms with van der Waals surface area (Å²) in [7, 11) is 0. The Hall–Kier alpha value is -4.11. The van der Waals surface area contributed by atoms with Gasteiger partial charge in [-0.05, 0) is 71.3 Å². The Morgan fingerprint density at radius 1 is 0.865 bits per heavy atom. The van der Waals surface area contributed by atoms with E-state index in [0.717, 1.165) is 55.2 Å². The molecule has 6 heteroatoms. The number of hydrogen-bond acceptors (Lipinski definition) is 4. The second kappa shape index (κ2) is 11.3. The third-order valence-corrected chi connectivity index (χ3v) is 6.87. The van der Waals surface area contributed by atoms with E-state index in [1.165, 1.54) is 5.56 Å². The fourth-order valence-corrected chi connectivity index (χ4v) is 4.86. The van der Waals surface area contributed by atoms with Crippen LogP contribution in [0, 0.1) is 11.3 Å². The molecule has 1 heterocycles. The predicted octanol–water partition coefficient (Wildman–Crippen LogP) is 6.45. The summed E-state index contributed by atoms with van der Waals surface area (Å²) in [5.41, 5.74) is 6.09. The summed E-state index contributed by atoms with van der Waals surface area (Å²) in [6.07, 6.45) is 0. The highest BCUT2D eigenvalue weighted by Crippen LogP contribution is 2.28. The van der Waals surface area contributed by atoms with E-state index in [0.29, 0.717) is 16.1 Å². The van der Waals surface area contributed by atoms with Crippen LogP contribution >= 0.6 is 11.6 Å². The molecular weight excluding hydrogens is 480 g/mol. The van der Waals surface area contributed by atoms with Gasteiger partial charge in [-0.15, -0.1) is 0 Å². The molecule has 0 unspecified atom stereocenters. The first kappa shape index (κ1) is 24.6. The van der Waals surface area contributed by atoms with E-state index in [4.69, 9.17) is 16.9 Å². The largest absolute Gasteiger partial charge is 0.369 e. The van der Waals surface area contributed by atoms with Gasteiger partial charge < -0.3 is 10.2 Å². The molecule has 37 heavy (non-hydrogen) atoms. The third-order valence-electron chi connectivity index (χ3n) is 6.64. The number of nitrogens with zero attached hydrogens (tertiary/aromatic N) is 3. The third kappa shape index (κ3) is 6.00. The van der Waals surface area contributed by atoms with Gasteiger partial charge in [-0.25, -0.2) is 0 Å². The SMILES string of the molecule is N#Cc1cccc(CN2CCN(c3ccc(NC(=O)c4ccc(Cl)cc4-c4ccccc4)cc3)CC2)c1. The van der Waals surface area contributed by atoms with Crippen LogP contribution in [0.2, 0.25) is 5.02 Å². The first-order valence-corrected chi connectivity index (χ1v) is 12.7. The molecule has 0 saturated carbocycles. The first-order chi connectivity index (χ1) is 18.1. The summed E-state index contributed by atoms with van der Waals surface area (Å²) in [4.78, 5) is 17.9. The molecule has 0 aromatic heterocycles. The monoisotopic (exact) mass is 506 g/mol. The summed E-state index contributed by atoms with van der Waals surface area (Å²) in [5.74, 6) is -0.169. The fourth-order valence-electron chi connectivity index (χ4n) is 4.69. The Labute approximate surface area is 222 Å². The van der Waals surface area contributed by atoms with Crippen LogP contribution in [0.1, 0.15) is 21.5 Å². The van der Waals surface area contributed by atoms with Crippen molar-refractivity contribution < 1.29 is 4.79 Å². The van der Waals surface area contributed by atoms with E-state index in [2.05, 4.69) is 39.4 Å². The van der Waals surface area contributed by atoms with E-state index in [1.54, 1.807) is 12.1 Å². The topological polar surface area (TPSA) is 59.4 Å². The molecular formula is C31H27ClN4O. The van der Waals surface area contributed by atoms with Crippen molar-refractivity contribution >= 4 is 28.9 Å². The molecule has 5 nitrogen and oxygen atoms in total. The second-order valence-electron chi connectivity index (χ2n) is 9.13. The van der Waals surface area contributed by atoms with E-state index >= 15 is 0 Å². The first-order valence-electron chi connectivity index (χ1n) is 12.3. The predicted molar refractivity (Wildman–Crippen MR) is 150 cm³/mol. The second-order valence-corrected chi connectivity index (χ2v) is 9.57. The number of piperazine rings is 1. The van der Waals surface area contributed by atoms with Crippen LogP contribution in [0.15, 0.2) is 97.1 Å². The van der Waals surface area contributed by atoms with E-state index in [1.807, 2.05) is 66.7 Å². The highest BCUT2D eigenvalue weighted by molar-refractivity contribution is 6.31. The quantitative estimate of drug-likeness (QED) is 0.326. The molecule has 0 bridgehead atoms. The average molecular weight is 507 g/mol. The molecule has 1 aliphatic heterocycles. The van der Waals surface area contributed by atoms with Crippen molar-refractivity contribution in [2.75, 3.05) is 36.4 Å². The molecule has 0 spiro atoms. The van der Waals surface area contributed by atoms with Gasteiger partial charge >= 0.3 is 0 Å². The van der Waals surface area contributed by atoms with Gasteiger partial charge in [0.15, 0.2) is 0 Å². The zero-order valence-corrected chi connectivity index (χ0v) is 21.2. The normalized spacial score (nSPS) is 13.7. The van der Waals surface area contributed by atoms with Crippen molar-refractivity contribution in [3.63, 3.8) is 0 Å². The maximum absolute atomic E-state index is 13.1. The molecule has 5 rings (SSSR count). The van der Waals surface area contributed by atoms with Crippen molar-refractivity contribution in [2.24, 2.45) is 0 Å². The van der Waals surface area contributed by atoms with Crippen molar-refractivity contribution in [2.45, 2.75) is 6.54 Å². The van der Waals surface area contributed by atoms with Crippen molar-refractivity contribution in [1.29, 1.82) is 5.26 Å². The lowest BCUT2D eigenvalue weighted by atomic mass is 9.99. The van der Waals surface area contributed by atoms with Gasteiger partial charge in [0.2, 0.25) is 0 Å². The van der Waals surface area contributed by atoms with E-state index in [-0.39, 0.29) is 5.91 Å². The van der Waals surface area contributed by atoms with Gasteiger partial charge in [-0.2, -0.15) is 5.26 Å². The van der Waals surface area contributed by atoms with Gasteiger partial charge in [-0.3, -0.25) is 9.69 Å². The number of carbonyl (C=O) groups is 1. The summed E-state index contributed by atoms with van der Waals surface area (Å²) in [5, 5.41) is 12.7. The van der Waals surface area contributed by atoms with Gasteiger partial charge in [0, 0.05) is 54.7 Å². The maximum atomic E-state index is 13.1. The van der Waals surface area contributed by atoms with Gasteiger partial charge in [0.1, 0.15) is 0 Å². The Kier molecular flexibility index (Phi) is 7.51. The van der Waals surface area contributed by atoms with Gasteiger partial charge in [0.05, 0.1) is 11.6 Å². The number of anilines is 2. The molecule has 0 aliphatic carbocycles. The smallest absolute Gasteiger partial charge is 0.256 e. The zero-order chi connectivity index (χ0) is 25.6. The standard InChI is InChI=1S/C31H27ClN4O/c32-26-9-14-29(30(20-26)25-7-2-1-3-8-25)31(37)34-27-10-12-28(13-11-27)36-17-15-35(16-18-36)22-24-6-4-5-23(19-24)21-33/h1-14,19-20H,15-18,22H2,(H,34,37). The number of amides is 1. The number of nitrogens with one attached hydrogen (secondary N) is 1. The summed E-state index contributed by atoms with van der Waals surface area (Å²) in [6.45, 7) is 4.61. The van der Waals surface area contributed by atoms with E-state index in [9.17, 15) is 4.79 Å². The number of halogens is 1. The lowest BCUT2D eigenvalue weighted by molar-refractivity contribution is 0.102. The molecule has 1 saturated heterocycles. The molecule has 0 radical (unpaired) electrons. The van der Waals surface area contributed by atoms with Crippen molar-refractivity contribution in [1.82, 2.24) is 4.90 Å². The Morgan fingerprint density at radius 3 is 2.35 bits per heavy atom. The minimum atomic E-state index is -0.169. The molecule has 1 aliphatic rings. The van der Waals surface area contributed by atoms with Crippen LogP contribution in [0.3, 0.4) is 0 Å². The van der Waals surface area contributed by atoms with Gasteiger partial charge in [-0.1, -0.05) is 54.1 Å². The highest BCUT2D eigenvalue weighted by atomic mass is 35.5. The number of carbonyl (C=O) groups excluding carboxylic acids is 1. The summed E-state index contributed by atoms with van der Waals surface area (Å²) >= 11 is 6.23. The van der Waals surface area contributed by atoms with Crippen molar-refractivity contribution in [3.05, 3.63) is 119 Å². The summed E-state index contributed by atoms with van der Waals surface area (Å²) < 4.78 is 0. The molecule has 4 aromatic rings. The number of nitriles is 1. The zero-order valence-electron chi connectivity index (χ0n) is 20.4. The van der Waals surface area contributed by atoms with E-state index < -0.39 is 0 Å². The minimum Gasteiger partial charge on any atom is -0.369 e. The molecule has 1 fully saturated rings. The van der Waals surface area contributed by atoms with Crippen LogP contribution in [-0.4, -0.2) is 37.0 Å². The minimum absolute atomic E-state index is 0.169. The molecule has 1 N–H and O–H groups in total. The van der Waals surface area contributed by atoms with Crippen LogP contribution in [0.25, 0.3) is 11.1 Å². The fraction of sp³-hybridized carbons (Fsp3) is 0.161. The summed E-state index contributed by atoms with van der Waals surface area (Å²) in [6, 6.07) is 33.2.